The molecule has 1 amide bonds. The van der Waals surface area contributed by atoms with Crippen molar-refractivity contribution >= 4 is 11.9 Å². The summed E-state index contributed by atoms with van der Waals surface area (Å²) in [5.41, 5.74) is 0. The molecule has 0 saturated carbocycles. The van der Waals surface area contributed by atoms with Gasteiger partial charge in [0.15, 0.2) is 0 Å². The van der Waals surface area contributed by atoms with E-state index in [1.807, 2.05) is 48.6 Å². The van der Waals surface area contributed by atoms with Crippen molar-refractivity contribution in [3.05, 3.63) is 85.1 Å². The second-order valence-corrected chi connectivity index (χ2v) is 16.6. The van der Waals surface area contributed by atoms with Crippen LogP contribution in [0.2, 0.25) is 0 Å². The third kappa shape index (κ3) is 41.8. The molecule has 60 heavy (non-hydrogen) atoms. The van der Waals surface area contributed by atoms with E-state index < -0.39 is 18.2 Å². The molecule has 6 heteroatoms. The predicted octanol–water partition coefficient (Wildman–Crippen LogP) is 14.8. The van der Waals surface area contributed by atoms with Gasteiger partial charge in [-0.15, -0.1) is 0 Å². The zero-order valence-corrected chi connectivity index (χ0v) is 39.1. The van der Waals surface area contributed by atoms with Crippen LogP contribution in [0.25, 0.3) is 0 Å². The third-order valence-electron chi connectivity index (χ3n) is 10.8. The van der Waals surface area contributed by atoms with E-state index in [4.69, 9.17) is 4.74 Å². The molecule has 0 rings (SSSR count). The van der Waals surface area contributed by atoms with Gasteiger partial charge in [-0.25, -0.2) is 0 Å². The first kappa shape index (κ1) is 57.0. The highest BCUT2D eigenvalue weighted by atomic mass is 16.5. The molecule has 0 spiro atoms. The molecule has 3 N–H and O–H groups in total. The smallest absolute Gasteiger partial charge is 0.306 e. The summed E-state index contributed by atoms with van der Waals surface area (Å²) in [5.74, 6) is -0.557. The van der Waals surface area contributed by atoms with Gasteiger partial charge in [0.25, 0.3) is 0 Å². The zero-order chi connectivity index (χ0) is 43.8. The summed E-state index contributed by atoms with van der Waals surface area (Å²) in [4.78, 5) is 26.1. The summed E-state index contributed by atoms with van der Waals surface area (Å²) >= 11 is 0. The Hall–Kier alpha value is -2.96. The summed E-state index contributed by atoms with van der Waals surface area (Å²) in [7, 11) is 0. The van der Waals surface area contributed by atoms with E-state index in [1.165, 1.54) is 109 Å². The van der Waals surface area contributed by atoms with Crippen molar-refractivity contribution in [1.29, 1.82) is 0 Å². The van der Waals surface area contributed by atoms with E-state index in [-0.39, 0.29) is 24.9 Å². The average molecular weight is 836 g/mol. The number of hydrogen-bond donors (Lipinski definition) is 3. The molecule has 6 nitrogen and oxygen atoms in total. The van der Waals surface area contributed by atoms with Gasteiger partial charge in [0, 0.05) is 6.42 Å². The van der Waals surface area contributed by atoms with Crippen LogP contribution in [0.15, 0.2) is 85.1 Å². The van der Waals surface area contributed by atoms with Gasteiger partial charge >= 0.3 is 5.97 Å². The number of ether oxygens (including phenoxy) is 1. The van der Waals surface area contributed by atoms with Crippen LogP contribution in [0.5, 0.6) is 0 Å². The molecule has 0 bridgehead atoms. The lowest BCUT2D eigenvalue weighted by atomic mass is 10.0. The molecule has 3 atom stereocenters. The summed E-state index contributed by atoms with van der Waals surface area (Å²) in [5, 5.41) is 23.6. The number of rotatable bonds is 43. The van der Waals surface area contributed by atoms with Gasteiger partial charge < -0.3 is 20.3 Å². The molecule has 0 fully saturated rings. The first-order valence-corrected chi connectivity index (χ1v) is 24.9. The van der Waals surface area contributed by atoms with Gasteiger partial charge in [0.2, 0.25) is 5.91 Å². The minimum Gasteiger partial charge on any atom is -0.462 e. The largest absolute Gasteiger partial charge is 0.462 e. The van der Waals surface area contributed by atoms with Crippen LogP contribution in [0.4, 0.5) is 0 Å². The van der Waals surface area contributed by atoms with E-state index in [0.29, 0.717) is 19.3 Å². The highest BCUT2D eigenvalue weighted by molar-refractivity contribution is 5.77. The Balaban J connectivity index is 4.64. The quantitative estimate of drug-likeness (QED) is 0.0246. The Morgan fingerprint density at radius 1 is 0.517 bits per heavy atom. The molecule has 3 unspecified atom stereocenters. The number of carbonyl (C=O) groups is 2. The van der Waals surface area contributed by atoms with Gasteiger partial charge in [-0.2, -0.15) is 0 Å². The molecule has 0 aromatic rings. The normalized spacial score (nSPS) is 14.0. The fourth-order valence-electron chi connectivity index (χ4n) is 7.07. The highest BCUT2D eigenvalue weighted by Gasteiger charge is 2.24. The van der Waals surface area contributed by atoms with E-state index >= 15 is 0 Å². The maximum Gasteiger partial charge on any atom is 0.306 e. The topological polar surface area (TPSA) is 95.9 Å². The molecule has 344 valence electrons. The zero-order valence-electron chi connectivity index (χ0n) is 39.1. The monoisotopic (exact) mass is 836 g/mol. The first-order chi connectivity index (χ1) is 29.5. The van der Waals surface area contributed by atoms with Crippen molar-refractivity contribution in [2.24, 2.45) is 0 Å². The number of nitrogens with one attached hydrogen (secondary N) is 1. The maximum absolute atomic E-state index is 13.1. The van der Waals surface area contributed by atoms with Crippen LogP contribution < -0.4 is 5.32 Å². The van der Waals surface area contributed by atoms with Crippen LogP contribution in [0.3, 0.4) is 0 Å². The van der Waals surface area contributed by atoms with E-state index in [2.05, 4.69) is 62.5 Å². The average Bonchev–Trinajstić information content (AvgIpc) is 3.24. The van der Waals surface area contributed by atoms with Gasteiger partial charge in [-0.05, 0) is 70.6 Å². The molecule has 0 heterocycles. The highest BCUT2D eigenvalue weighted by Crippen LogP contribution is 2.16. The van der Waals surface area contributed by atoms with Gasteiger partial charge in [0.05, 0.1) is 25.2 Å². The van der Waals surface area contributed by atoms with Crippen LogP contribution in [0, 0.1) is 0 Å². The minimum absolute atomic E-state index is 0.0230. The predicted molar refractivity (Wildman–Crippen MR) is 259 cm³/mol. The molecule has 0 aliphatic rings. The molecule has 0 radical (unpaired) electrons. The Morgan fingerprint density at radius 3 is 1.55 bits per heavy atom. The molecule has 0 aromatic heterocycles. The summed E-state index contributed by atoms with van der Waals surface area (Å²) < 4.78 is 5.88. The Bertz CT molecular complexity index is 1160. The summed E-state index contributed by atoms with van der Waals surface area (Å²) in [6, 6.07) is -0.727. The lowest BCUT2D eigenvalue weighted by molar-refractivity contribution is -0.151. The second-order valence-electron chi connectivity index (χ2n) is 16.6. The molecular weight excluding hydrogens is 743 g/mol. The number of hydrogen-bond acceptors (Lipinski definition) is 5. The van der Waals surface area contributed by atoms with Gasteiger partial charge in [-0.3, -0.25) is 9.59 Å². The fraction of sp³-hybridized carbons (Fsp3) is 0.704. The lowest BCUT2D eigenvalue weighted by Crippen LogP contribution is -2.46. The SMILES string of the molecule is CC/C=C/C=C/C=C\C=C/C=C/CCCC(CC(=O)NC(CO)C(O)CCCCCCCCCCC)OC(=O)CCCCCCCCCCC/C=C\C/C=C\CCCCC. The number of carbonyl (C=O) groups excluding carboxylic acids is 2. The maximum atomic E-state index is 13.1. The van der Waals surface area contributed by atoms with Crippen LogP contribution in [-0.2, 0) is 14.3 Å². The van der Waals surface area contributed by atoms with Crippen molar-refractivity contribution in [3.8, 4) is 0 Å². The van der Waals surface area contributed by atoms with Crippen molar-refractivity contribution in [2.75, 3.05) is 6.61 Å². The fourth-order valence-corrected chi connectivity index (χ4v) is 7.07. The van der Waals surface area contributed by atoms with E-state index in [1.54, 1.807) is 0 Å². The number of aliphatic hydroxyl groups is 2. The lowest BCUT2D eigenvalue weighted by Gasteiger charge is -2.24. The standard InChI is InChI=1S/C54H93NO5/c1-4-7-10-13-16-19-21-23-24-25-26-27-28-30-32-35-38-41-44-47-54(59)60-50(45-42-39-36-34-31-29-22-20-17-14-11-8-5-2)48-53(58)55-51(49-56)52(57)46-43-40-37-33-18-15-12-9-6-3/h8,11,14,16-17,19-20,22-24,29,31,34,36,50-52,56-57H,4-7,9-10,12-13,15,18,21,25-28,30,32-33,35,37-49H2,1-3H3,(H,55,58)/b11-8+,17-14+,19-16-,22-20-,24-23-,31-29-,36-34+. The summed E-state index contributed by atoms with van der Waals surface area (Å²) in [6.45, 7) is 6.26. The van der Waals surface area contributed by atoms with Crippen molar-refractivity contribution in [3.63, 3.8) is 0 Å². The molecule has 0 saturated heterocycles. The first-order valence-electron chi connectivity index (χ1n) is 24.9. The van der Waals surface area contributed by atoms with Crippen LogP contribution >= 0.6 is 0 Å². The third-order valence-corrected chi connectivity index (χ3v) is 10.8. The van der Waals surface area contributed by atoms with Crippen molar-refractivity contribution in [2.45, 2.75) is 238 Å². The number of amides is 1. The van der Waals surface area contributed by atoms with Crippen LogP contribution in [-0.4, -0.2) is 46.9 Å². The molecule has 0 aromatic carbocycles. The number of aliphatic hydroxyl groups excluding tert-OH is 2. The number of esters is 1. The van der Waals surface area contributed by atoms with Crippen molar-refractivity contribution < 1.29 is 24.5 Å². The second kappa shape index (κ2) is 47.1. The summed E-state index contributed by atoms with van der Waals surface area (Å²) in [6.07, 6.45) is 60.8. The Labute approximate surface area is 370 Å². The van der Waals surface area contributed by atoms with Gasteiger partial charge in [0.1, 0.15) is 6.10 Å². The Kier molecular flexibility index (Phi) is 44.8. The van der Waals surface area contributed by atoms with Crippen LogP contribution in [0.1, 0.15) is 220 Å². The minimum atomic E-state index is -0.809. The number of allylic oxidation sites excluding steroid dienone is 14. The van der Waals surface area contributed by atoms with Crippen molar-refractivity contribution in [1.82, 2.24) is 5.32 Å². The molecular formula is C54H93NO5. The number of unbranched alkanes of at least 4 members (excludes halogenated alkanes) is 21. The van der Waals surface area contributed by atoms with Gasteiger partial charge in [-0.1, -0.05) is 221 Å². The molecule has 0 aliphatic heterocycles. The molecule has 0 aliphatic carbocycles. The Morgan fingerprint density at radius 2 is 0.983 bits per heavy atom. The van der Waals surface area contributed by atoms with E-state index in [0.717, 1.165) is 64.2 Å². The van der Waals surface area contributed by atoms with E-state index in [9.17, 15) is 19.8 Å².